The van der Waals surface area contributed by atoms with Crippen LogP contribution in [0.1, 0.15) is 77.8 Å². The molecule has 0 radical (unpaired) electrons. The van der Waals surface area contributed by atoms with Gasteiger partial charge in [-0.2, -0.15) is 0 Å². The van der Waals surface area contributed by atoms with E-state index in [2.05, 4.69) is 42.9 Å². The van der Waals surface area contributed by atoms with Crippen molar-refractivity contribution in [3.63, 3.8) is 0 Å². The number of nitrogens with zero attached hydrogens (tertiary/aromatic N) is 1. The fourth-order valence-electron chi connectivity index (χ4n) is 7.43. The van der Waals surface area contributed by atoms with Crippen LogP contribution in [-0.2, 0) is 6.42 Å². The van der Waals surface area contributed by atoms with Crippen LogP contribution in [0.3, 0.4) is 0 Å². The normalized spacial score (nSPS) is 30.1. The Morgan fingerprint density at radius 2 is 1.62 bits per heavy atom. The molecule has 1 aromatic heterocycles. The molecule has 154 valence electrons. The summed E-state index contributed by atoms with van der Waals surface area (Å²) in [6.45, 7) is 6.24. The minimum absolute atomic E-state index is 0.212. The minimum atomic E-state index is -0.921. The molecule has 1 aromatic carbocycles. The Morgan fingerprint density at radius 1 is 1.07 bits per heavy atom. The van der Waals surface area contributed by atoms with E-state index in [4.69, 9.17) is 0 Å². The van der Waals surface area contributed by atoms with E-state index >= 15 is 0 Å². The number of aryl methyl sites for hydroxylation is 4. The molecule has 2 N–H and O–H groups in total. The highest BCUT2D eigenvalue weighted by Crippen LogP contribution is 2.61. The first-order valence-corrected chi connectivity index (χ1v) is 11.2. The van der Waals surface area contributed by atoms with Crippen molar-refractivity contribution < 1.29 is 9.90 Å². The molecule has 0 atom stereocenters. The van der Waals surface area contributed by atoms with Crippen LogP contribution in [0.15, 0.2) is 12.1 Å². The predicted octanol–water partition coefficient (Wildman–Crippen LogP) is 5.85. The van der Waals surface area contributed by atoms with Gasteiger partial charge in [-0.1, -0.05) is 17.7 Å². The number of aromatic nitrogens is 2. The summed E-state index contributed by atoms with van der Waals surface area (Å²) in [5.41, 5.74) is 6.01. The summed E-state index contributed by atoms with van der Waals surface area (Å²) in [6, 6.07) is 4.28. The molecule has 4 heteroatoms. The van der Waals surface area contributed by atoms with Crippen molar-refractivity contribution in [3.8, 4) is 11.4 Å². The monoisotopic (exact) mass is 392 g/mol. The summed E-state index contributed by atoms with van der Waals surface area (Å²) < 4.78 is 0. The first-order chi connectivity index (χ1) is 13.8. The second-order valence-electron chi connectivity index (χ2n) is 10.4. The summed E-state index contributed by atoms with van der Waals surface area (Å²) in [6.07, 6.45) is 10.3. The average molecular weight is 393 g/mol. The van der Waals surface area contributed by atoms with Crippen LogP contribution in [0, 0.1) is 43.9 Å². The number of aromatic carboxylic acids is 1. The van der Waals surface area contributed by atoms with Gasteiger partial charge in [-0.3, -0.25) is 0 Å². The molecule has 4 aliphatic rings. The second kappa shape index (κ2) is 6.72. The molecule has 0 spiro atoms. The van der Waals surface area contributed by atoms with Gasteiger partial charge in [-0.15, -0.1) is 0 Å². The van der Waals surface area contributed by atoms with Crippen LogP contribution in [0.5, 0.6) is 0 Å². The highest BCUT2D eigenvalue weighted by atomic mass is 16.4. The Balaban J connectivity index is 1.43. The molecular weight excluding hydrogens is 360 g/mol. The third kappa shape index (κ3) is 3.31. The van der Waals surface area contributed by atoms with Gasteiger partial charge in [0.1, 0.15) is 5.82 Å². The first kappa shape index (κ1) is 18.9. The van der Waals surface area contributed by atoms with Gasteiger partial charge >= 0.3 is 5.97 Å². The highest BCUT2D eigenvalue weighted by molar-refractivity contribution is 5.88. The maximum absolute atomic E-state index is 11.9. The van der Waals surface area contributed by atoms with Crippen molar-refractivity contribution in [2.75, 3.05) is 0 Å². The number of carboxylic acids is 1. The van der Waals surface area contributed by atoms with Crippen LogP contribution < -0.4 is 0 Å². The molecule has 4 nitrogen and oxygen atoms in total. The molecule has 1 heterocycles. The van der Waals surface area contributed by atoms with Crippen molar-refractivity contribution in [1.29, 1.82) is 0 Å². The molecule has 4 fully saturated rings. The molecule has 0 aliphatic heterocycles. The van der Waals surface area contributed by atoms with Gasteiger partial charge in [0, 0.05) is 11.3 Å². The van der Waals surface area contributed by atoms with Gasteiger partial charge in [-0.05, 0) is 106 Å². The zero-order chi connectivity index (χ0) is 20.3. The molecule has 29 heavy (non-hydrogen) atoms. The van der Waals surface area contributed by atoms with E-state index in [1.165, 1.54) is 44.1 Å². The maximum atomic E-state index is 11.9. The van der Waals surface area contributed by atoms with Crippen molar-refractivity contribution in [1.82, 2.24) is 9.97 Å². The maximum Gasteiger partial charge on any atom is 0.356 e. The molecule has 4 aliphatic carbocycles. The summed E-state index contributed by atoms with van der Waals surface area (Å²) in [4.78, 5) is 19.9. The fourth-order valence-corrected chi connectivity index (χ4v) is 7.43. The Morgan fingerprint density at radius 3 is 2.14 bits per heavy atom. The Labute approximate surface area is 173 Å². The van der Waals surface area contributed by atoms with E-state index in [1.54, 1.807) is 0 Å². The summed E-state index contributed by atoms with van der Waals surface area (Å²) in [5.74, 6) is 2.56. The number of aromatic amines is 1. The first-order valence-electron chi connectivity index (χ1n) is 11.2. The quantitative estimate of drug-likeness (QED) is 0.671. The molecule has 0 saturated heterocycles. The van der Waals surface area contributed by atoms with Crippen LogP contribution in [0.2, 0.25) is 0 Å². The predicted molar refractivity (Wildman–Crippen MR) is 114 cm³/mol. The van der Waals surface area contributed by atoms with Crippen LogP contribution >= 0.6 is 0 Å². The summed E-state index contributed by atoms with van der Waals surface area (Å²) in [7, 11) is 0. The Kier molecular flexibility index (Phi) is 4.38. The van der Waals surface area contributed by atoms with Crippen LogP contribution in [0.25, 0.3) is 11.4 Å². The van der Waals surface area contributed by atoms with Crippen LogP contribution in [0.4, 0.5) is 0 Å². The lowest BCUT2D eigenvalue weighted by atomic mass is 9.48. The highest BCUT2D eigenvalue weighted by Gasteiger charge is 2.50. The number of carboxylic acid groups (broad SMARTS) is 1. The van der Waals surface area contributed by atoms with Crippen molar-refractivity contribution in [2.24, 2.45) is 23.2 Å². The number of benzene rings is 1. The summed E-state index contributed by atoms with van der Waals surface area (Å²) in [5, 5.41) is 9.79. The average Bonchev–Trinajstić information content (AvgIpc) is 3.02. The lowest BCUT2D eigenvalue weighted by molar-refractivity contribution is -0.0571. The van der Waals surface area contributed by atoms with E-state index in [0.717, 1.165) is 53.0 Å². The van der Waals surface area contributed by atoms with Gasteiger partial charge < -0.3 is 10.1 Å². The zero-order valence-electron chi connectivity index (χ0n) is 17.8. The van der Waals surface area contributed by atoms with E-state index < -0.39 is 5.97 Å². The van der Waals surface area contributed by atoms with Crippen molar-refractivity contribution in [2.45, 2.75) is 72.1 Å². The standard InChI is InChI=1S/C25H32N2O2/c1-14-6-15(2)21(16(3)7-14)23-26-20(22(27-23)24(28)29)4-5-25-11-17-8-18(12-25)10-19(9-17)13-25/h6-7,17-19H,4-5,8-13H2,1-3H3,(H,26,27)(H,28,29). The third-order valence-electron chi connectivity index (χ3n) is 7.97. The van der Waals surface area contributed by atoms with Gasteiger partial charge in [0.05, 0.1) is 0 Å². The fraction of sp³-hybridized carbons (Fsp3) is 0.600. The summed E-state index contributed by atoms with van der Waals surface area (Å²) >= 11 is 0. The molecule has 4 bridgehead atoms. The zero-order valence-corrected chi connectivity index (χ0v) is 17.8. The van der Waals surface area contributed by atoms with Crippen molar-refractivity contribution >= 4 is 5.97 Å². The molecule has 6 rings (SSSR count). The molecule has 0 amide bonds. The molecular formula is C25H32N2O2. The number of H-pyrrole nitrogens is 1. The van der Waals surface area contributed by atoms with E-state index in [0.29, 0.717) is 11.2 Å². The molecule has 2 aromatic rings. The number of carbonyl (C=O) groups is 1. The molecule has 0 unspecified atom stereocenters. The number of imidazole rings is 1. The largest absolute Gasteiger partial charge is 0.476 e. The SMILES string of the molecule is Cc1cc(C)c(-c2nc(C(=O)O)c(CCC34CC5CC(CC(C5)C3)C4)[nH]2)c(C)c1. The van der Waals surface area contributed by atoms with Crippen molar-refractivity contribution in [3.05, 3.63) is 40.2 Å². The van der Waals surface area contributed by atoms with Gasteiger partial charge in [0.2, 0.25) is 0 Å². The van der Waals surface area contributed by atoms with E-state index in [9.17, 15) is 9.90 Å². The van der Waals surface area contributed by atoms with Gasteiger partial charge in [-0.25, -0.2) is 9.78 Å². The number of rotatable bonds is 5. The molecule has 4 saturated carbocycles. The van der Waals surface area contributed by atoms with E-state index in [1.807, 2.05) is 0 Å². The van der Waals surface area contributed by atoms with Gasteiger partial charge in [0.15, 0.2) is 5.69 Å². The third-order valence-corrected chi connectivity index (χ3v) is 7.97. The van der Waals surface area contributed by atoms with E-state index in [-0.39, 0.29) is 5.69 Å². The number of nitrogens with one attached hydrogen (secondary N) is 1. The smallest absolute Gasteiger partial charge is 0.356 e. The van der Waals surface area contributed by atoms with Crippen LogP contribution in [-0.4, -0.2) is 21.0 Å². The Bertz CT molecular complexity index is 913. The lowest BCUT2D eigenvalue weighted by Gasteiger charge is -2.57. The number of hydrogen-bond donors (Lipinski definition) is 2. The minimum Gasteiger partial charge on any atom is -0.476 e. The number of hydrogen-bond acceptors (Lipinski definition) is 2. The lowest BCUT2D eigenvalue weighted by Crippen LogP contribution is -2.46. The van der Waals surface area contributed by atoms with Gasteiger partial charge in [0.25, 0.3) is 0 Å². The topological polar surface area (TPSA) is 66.0 Å². The second-order valence-corrected chi connectivity index (χ2v) is 10.4. The Hall–Kier alpha value is -2.10.